The molecular weight excluding hydrogens is 344 g/mol. The Bertz CT molecular complexity index is 806. The lowest BCUT2D eigenvalue weighted by Crippen LogP contribution is -2.22. The van der Waals surface area contributed by atoms with E-state index in [1.54, 1.807) is 0 Å². The Morgan fingerprint density at radius 3 is 2.93 bits per heavy atom. The number of carboxylic acids is 1. The summed E-state index contributed by atoms with van der Waals surface area (Å²) in [7, 11) is 0. The molecular formula is C21H23N2O4-. The van der Waals surface area contributed by atoms with Gasteiger partial charge in [0.2, 0.25) is 0 Å². The van der Waals surface area contributed by atoms with Crippen molar-refractivity contribution in [2.24, 2.45) is 5.92 Å². The van der Waals surface area contributed by atoms with Crippen molar-refractivity contribution in [1.82, 2.24) is 4.98 Å². The number of rotatable bonds is 7. The number of pyridine rings is 1. The van der Waals surface area contributed by atoms with Gasteiger partial charge >= 0.3 is 0 Å². The molecule has 6 nitrogen and oxygen atoms in total. The summed E-state index contributed by atoms with van der Waals surface area (Å²) in [6, 6.07) is 12.0. The monoisotopic (exact) mass is 367 g/mol. The first-order valence-corrected chi connectivity index (χ1v) is 9.42. The van der Waals surface area contributed by atoms with Gasteiger partial charge in [0.15, 0.2) is 0 Å². The number of ether oxygens (including phenoxy) is 2. The maximum absolute atomic E-state index is 10.7. The highest BCUT2D eigenvalue weighted by Crippen LogP contribution is 2.49. The summed E-state index contributed by atoms with van der Waals surface area (Å²) in [5.74, 6) is 1.33. The summed E-state index contributed by atoms with van der Waals surface area (Å²) < 4.78 is 11.3. The normalized spacial score (nSPS) is 20.9. The lowest BCUT2D eigenvalue weighted by atomic mass is 10.1. The number of nitrogens with one attached hydrogen (secondary N) is 1. The topological polar surface area (TPSA) is 83.5 Å². The van der Waals surface area contributed by atoms with Crippen molar-refractivity contribution in [1.29, 1.82) is 0 Å². The molecule has 0 bridgehead atoms. The summed E-state index contributed by atoms with van der Waals surface area (Å²) in [6.07, 6.45) is 1.81. The van der Waals surface area contributed by atoms with Crippen LogP contribution in [0.1, 0.15) is 35.6 Å². The quantitative estimate of drug-likeness (QED) is 0.805. The average Bonchev–Trinajstić information content (AvgIpc) is 3.44. The number of carbonyl (C=O) groups excluding carboxylic acids is 1. The van der Waals surface area contributed by atoms with Gasteiger partial charge in [-0.3, -0.25) is 0 Å². The Morgan fingerprint density at radius 2 is 2.11 bits per heavy atom. The Kier molecular flexibility index (Phi) is 5.25. The zero-order valence-corrected chi connectivity index (χ0v) is 15.1. The van der Waals surface area contributed by atoms with E-state index in [4.69, 9.17) is 9.47 Å². The van der Waals surface area contributed by atoms with Gasteiger partial charge in [-0.1, -0.05) is 18.2 Å². The number of benzene rings is 1. The van der Waals surface area contributed by atoms with Crippen molar-refractivity contribution in [3.8, 4) is 5.75 Å². The SMILES string of the molecule is O=C([O-])CC1CC1c1ccc(OCCc2ccc3c(n2)NCCOC3)cc1. The fraction of sp³-hybridized carbons (Fsp3) is 0.429. The highest BCUT2D eigenvalue weighted by atomic mass is 16.5. The molecule has 1 aliphatic heterocycles. The van der Waals surface area contributed by atoms with Crippen molar-refractivity contribution in [2.45, 2.75) is 31.8 Å². The molecule has 6 heteroatoms. The van der Waals surface area contributed by atoms with Gasteiger partial charge in [0.25, 0.3) is 0 Å². The molecule has 1 aliphatic carbocycles. The number of hydrogen-bond donors (Lipinski definition) is 1. The number of aromatic nitrogens is 1. The second-order valence-electron chi connectivity index (χ2n) is 7.14. The third kappa shape index (κ3) is 4.57. The van der Waals surface area contributed by atoms with Crippen molar-refractivity contribution >= 4 is 11.8 Å². The Hall–Kier alpha value is -2.60. The van der Waals surface area contributed by atoms with E-state index >= 15 is 0 Å². The minimum atomic E-state index is -0.961. The van der Waals surface area contributed by atoms with Crippen LogP contribution in [0.2, 0.25) is 0 Å². The molecule has 0 radical (unpaired) electrons. The molecule has 0 saturated heterocycles. The molecule has 2 aliphatic rings. The first-order valence-electron chi connectivity index (χ1n) is 9.42. The van der Waals surface area contributed by atoms with E-state index < -0.39 is 5.97 Å². The van der Waals surface area contributed by atoms with E-state index in [2.05, 4.69) is 16.4 Å². The van der Waals surface area contributed by atoms with Crippen LogP contribution in [0.5, 0.6) is 5.75 Å². The van der Waals surface area contributed by atoms with Gasteiger partial charge in [-0.05, 0) is 48.4 Å². The van der Waals surface area contributed by atoms with E-state index in [9.17, 15) is 9.90 Å². The third-order valence-electron chi connectivity index (χ3n) is 5.12. The first kappa shape index (κ1) is 17.8. The summed E-state index contributed by atoms with van der Waals surface area (Å²) in [6.45, 7) is 2.62. The molecule has 1 N–H and O–H groups in total. The van der Waals surface area contributed by atoms with Crippen molar-refractivity contribution in [2.75, 3.05) is 25.1 Å². The zero-order valence-electron chi connectivity index (χ0n) is 15.1. The van der Waals surface area contributed by atoms with Crippen LogP contribution >= 0.6 is 0 Å². The molecule has 2 aromatic rings. The third-order valence-corrected chi connectivity index (χ3v) is 5.12. The maximum atomic E-state index is 10.7. The summed E-state index contributed by atoms with van der Waals surface area (Å²) >= 11 is 0. The molecule has 0 spiro atoms. The van der Waals surface area contributed by atoms with E-state index in [1.807, 2.05) is 30.3 Å². The zero-order chi connectivity index (χ0) is 18.6. The standard InChI is InChI=1S/C21H24N2O4/c24-20(25)12-16-11-19(16)14-2-5-18(6-3-14)27-9-7-17-4-1-15-13-26-10-8-22-21(15)23-17/h1-6,16,19H,7-13H2,(H,22,23)(H,24,25)/p-1. The van der Waals surface area contributed by atoms with Crippen LogP contribution in [-0.2, 0) is 22.6 Å². The lowest BCUT2D eigenvalue weighted by molar-refractivity contribution is -0.306. The number of carboxylic acid groups (broad SMARTS) is 1. The van der Waals surface area contributed by atoms with Gasteiger partial charge < -0.3 is 24.7 Å². The fourth-order valence-electron chi connectivity index (χ4n) is 3.54. The summed E-state index contributed by atoms with van der Waals surface area (Å²) in [5.41, 5.74) is 3.25. The van der Waals surface area contributed by atoms with Crippen LogP contribution in [0.3, 0.4) is 0 Å². The van der Waals surface area contributed by atoms with Gasteiger partial charge in [-0.2, -0.15) is 0 Å². The molecule has 2 atom stereocenters. The van der Waals surface area contributed by atoms with Crippen molar-refractivity contribution in [3.05, 3.63) is 53.2 Å². The smallest absolute Gasteiger partial charge is 0.131 e. The van der Waals surface area contributed by atoms with E-state index in [0.717, 1.165) is 42.2 Å². The predicted octanol–water partition coefficient (Wildman–Crippen LogP) is 1.89. The van der Waals surface area contributed by atoms with Crippen LogP contribution in [0, 0.1) is 5.92 Å². The predicted molar refractivity (Wildman–Crippen MR) is 98.5 cm³/mol. The minimum absolute atomic E-state index is 0.150. The second-order valence-corrected chi connectivity index (χ2v) is 7.14. The van der Waals surface area contributed by atoms with Crippen LogP contribution in [-0.4, -0.2) is 30.7 Å². The second kappa shape index (κ2) is 7.96. The van der Waals surface area contributed by atoms with E-state index in [0.29, 0.717) is 25.7 Å². The number of aliphatic carboxylic acids is 1. The van der Waals surface area contributed by atoms with Crippen LogP contribution in [0.15, 0.2) is 36.4 Å². The number of nitrogens with zero attached hydrogens (tertiary/aromatic N) is 1. The largest absolute Gasteiger partial charge is 0.550 e. The maximum Gasteiger partial charge on any atom is 0.131 e. The van der Waals surface area contributed by atoms with Crippen molar-refractivity contribution in [3.63, 3.8) is 0 Å². The molecule has 0 amide bonds. The highest BCUT2D eigenvalue weighted by molar-refractivity contribution is 5.65. The number of fused-ring (bicyclic) bond motifs is 1. The molecule has 1 fully saturated rings. The van der Waals surface area contributed by atoms with Gasteiger partial charge in [0.05, 0.1) is 19.8 Å². The van der Waals surface area contributed by atoms with Crippen molar-refractivity contribution < 1.29 is 19.4 Å². The van der Waals surface area contributed by atoms with Gasteiger partial charge in [-0.25, -0.2) is 4.98 Å². The molecule has 27 heavy (non-hydrogen) atoms. The summed E-state index contributed by atoms with van der Waals surface area (Å²) in [4.78, 5) is 15.3. The number of anilines is 1. The van der Waals surface area contributed by atoms with Crippen LogP contribution in [0.4, 0.5) is 5.82 Å². The Balaban J connectivity index is 1.27. The van der Waals surface area contributed by atoms with Gasteiger partial charge in [0.1, 0.15) is 11.6 Å². The molecule has 1 aromatic heterocycles. The molecule has 4 rings (SSSR count). The Labute approximate surface area is 158 Å². The Morgan fingerprint density at radius 1 is 1.26 bits per heavy atom. The van der Waals surface area contributed by atoms with E-state index in [1.165, 1.54) is 5.56 Å². The molecule has 1 saturated carbocycles. The molecule has 2 heterocycles. The lowest BCUT2D eigenvalue weighted by Gasteiger charge is -2.10. The van der Waals surface area contributed by atoms with Crippen LogP contribution < -0.4 is 15.2 Å². The highest BCUT2D eigenvalue weighted by Gasteiger charge is 2.37. The average molecular weight is 367 g/mol. The van der Waals surface area contributed by atoms with Gasteiger partial charge in [0, 0.05) is 30.2 Å². The molecule has 1 aromatic carbocycles. The van der Waals surface area contributed by atoms with E-state index in [-0.39, 0.29) is 12.3 Å². The molecule has 142 valence electrons. The number of hydrogen-bond acceptors (Lipinski definition) is 6. The first-order chi connectivity index (χ1) is 13.2. The minimum Gasteiger partial charge on any atom is -0.550 e. The number of carbonyl (C=O) groups is 1. The molecule has 2 unspecified atom stereocenters. The van der Waals surface area contributed by atoms with Crippen LogP contribution in [0.25, 0.3) is 0 Å². The van der Waals surface area contributed by atoms with Gasteiger partial charge in [-0.15, -0.1) is 0 Å². The fourth-order valence-corrected chi connectivity index (χ4v) is 3.54. The summed E-state index contributed by atoms with van der Waals surface area (Å²) in [5, 5.41) is 14.0.